The summed E-state index contributed by atoms with van der Waals surface area (Å²) in [6.45, 7) is 0. The molecule has 0 aliphatic heterocycles. The van der Waals surface area contributed by atoms with E-state index in [0.29, 0.717) is 0 Å². The Hall–Kier alpha value is -0.880. The highest BCUT2D eigenvalue weighted by molar-refractivity contribution is 5.48. The highest BCUT2D eigenvalue weighted by Crippen LogP contribution is 2.21. The molecule has 0 atom stereocenters. The second-order valence-corrected chi connectivity index (χ2v) is 1.57. The van der Waals surface area contributed by atoms with Crippen molar-refractivity contribution in [1.82, 2.24) is 0 Å². The van der Waals surface area contributed by atoms with Gasteiger partial charge >= 0.3 is 0 Å². The highest BCUT2D eigenvalue weighted by Gasteiger charge is 2.13. The van der Waals surface area contributed by atoms with E-state index in [9.17, 15) is 0 Å². The lowest BCUT2D eigenvalue weighted by Gasteiger charge is -1.89. The molecule has 0 nitrogen and oxygen atoms in total. The minimum Gasteiger partial charge on any atom is -0.106 e. The van der Waals surface area contributed by atoms with Gasteiger partial charge in [-0.2, -0.15) is 0 Å². The third-order valence-electron chi connectivity index (χ3n) is 0.942. The monoisotopic (exact) mass is 113 g/mol. The zero-order valence-electron chi connectivity index (χ0n) is 4.89. The van der Waals surface area contributed by atoms with E-state index in [-0.39, 0.29) is 0 Å². The highest BCUT2D eigenvalue weighted by atomic mass is 14.1. The zero-order valence-corrected chi connectivity index (χ0v) is 4.89. The normalized spacial score (nSPS) is 18.1. The molecule has 0 aromatic carbocycles. The second-order valence-electron chi connectivity index (χ2n) is 1.57. The van der Waals surface area contributed by atoms with Crippen molar-refractivity contribution in [2.75, 3.05) is 0 Å². The first kappa shape index (κ1) is 6.24. The van der Waals surface area contributed by atoms with E-state index in [1.165, 1.54) is 0 Å². The topological polar surface area (TPSA) is 0 Å². The van der Waals surface area contributed by atoms with Crippen molar-refractivity contribution in [3.8, 4) is 24.2 Å². The fourth-order valence-corrected chi connectivity index (χ4v) is 0.566. The maximum absolute atomic E-state index is 4.92. The van der Waals surface area contributed by atoms with Crippen molar-refractivity contribution in [2.24, 2.45) is 0 Å². The summed E-state index contributed by atoms with van der Waals surface area (Å²) in [6.07, 6.45) is 12.6. The van der Waals surface area contributed by atoms with Crippen LogP contribution in [0, 0.1) is 55.8 Å². The van der Waals surface area contributed by atoms with E-state index >= 15 is 0 Å². The Morgan fingerprint density at radius 1 is 1.22 bits per heavy atom. The molecule has 1 aliphatic carbocycles. The average Bonchev–Trinajstić information content (AvgIpc) is 2.34. The summed E-state index contributed by atoms with van der Waals surface area (Å²) in [7, 11) is 0. The summed E-state index contributed by atoms with van der Waals surface area (Å²) in [5, 5.41) is 0. The van der Waals surface area contributed by atoms with Crippen LogP contribution in [-0.2, 0) is 0 Å². The molecule has 0 aromatic rings. The van der Waals surface area contributed by atoms with Crippen LogP contribution in [0.3, 0.4) is 0 Å². The fraction of sp³-hybridized carbons (Fsp3) is 0. The number of hydrogen-bond acceptors (Lipinski definition) is 0. The van der Waals surface area contributed by atoms with Crippen molar-refractivity contribution in [2.45, 2.75) is 0 Å². The van der Waals surface area contributed by atoms with Crippen LogP contribution >= 0.6 is 0 Å². The van der Waals surface area contributed by atoms with Gasteiger partial charge in [0.2, 0.25) is 0 Å². The molecule has 1 saturated carbocycles. The van der Waals surface area contributed by atoms with Crippen LogP contribution in [0.5, 0.6) is 0 Å². The fourth-order valence-electron chi connectivity index (χ4n) is 0.566. The van der Waals surface area contributed by atoms with Crippen molar-refractivity contribution < 1.29 is 0 Å². The van der Waals surface area contributed by atoms with Gasteiger partial charge in [0.15, 0.2) is 0 Å². The van der Waals surface area contributed by atoms with Crippen LogP contribution in [0.4, 0.5) is 0 Å². The van der Waals surface area contributed by atoms with E-state index in [1.54, 1.807) is 0 Å². The molecule has 0 spiro atoms. The molecule has 0 amide bonds. The Bertz CT molecular complexity index is 166. The summed E-state index contributed by atoms with van der Waals surface area (Å²) >= 11 is 0. The van der Waals surface area contributed by atoms with Crippen molar-refractivity contribution >= 4 is 0 Å². The summed E-state index contributed by atoms with van der Waals surface area (Å²) in [5.41, 5.74) is 0. The van der Waals surface area contributed by atoms with E-state index in [4.69, 9.17) is 6.42 Å². The van der Waals surface area contributed by atoms with Crippen LogP contribution in [0.15, 0.2) is 0 Å². The van der Waals surface area contributed by atoms with Gasteiger partial charge in [0.25, 0.3) is 0 Å². The molecule has 0 heterocycles. The van der Waals surface area contributed by atoms with Crippen LogP contribution in [0.1, 0.15) is 0 Å². The Morgan fingerprint density at radius 3 is 2.44 bits per heavy atom. The average molecular weight is 113 g/mol. The molecule has 0 aromatic heterocycles. The lowest BCUT2D eigenvalue weighted by Crippen LogP contribution is -1.83. The molecule has 5 radical (unpaired) electrons. The minimum atomic E-state index is 0.980. The SMILES string of the molecule is C#CC#C[C]1[CH][CH][CH][CH]1. The smallest absolute Gasteiger partial charge is 0.0564 e. The molecule has 1 fully saturated rings. The van der Waals surface area contributed by atoms with E-state index in [2.05, 4.69) is 17.8 Å². The van der Waals surface area contributed by atoms with Crippen LogP contribution in [0.25, 0.3) is 0 Å². The minimum absolute atomic E-state index is 0.980. The molecule has 1 rings (SSSR count). The van der Waals surface area contributed by atoms with Gasteiger partial charge in [0.05, 0.1) is 5.92 Å². The van der Waals surface area contributed by atoms with E-state index in [1.807, 2.05) is 25.7 Å². The van der Waals surface area contributed by atoms with Crippen molar-refractivity contribution in [3.63, 3.8) is 0 Å². The third-order valence-corrected chi connectivity index (χ3v) is 0.942. The molecular weight excluding hydrogens is 108 g/mol. The van der Waals surface area contributed by atoms with Gasteiger partial charge < -0.3 is 0 Å². The Kier molecular flexibility index (Phi) is 2.22. The van der Waals surface area contributed by atoms with Gasteiger partial charge in [-0.15, -0.1) is 6.42 Å². The molecule has 9 heavy (non-hydrogen) atoms. The van der Waals surface area contributed by atoms with Gasteiger partial charge in [0.1, 0.15) is 0 Å². The summed E-state index contributed by atoms with van der Waals surface area (Å²) < 4.78 is 0. The number of rotatable bonds is 0. The largest absolute Gasteiger partial charge is 0.106 e. The molecule has 0 N–H and O–H groups in total. The van der Waals surface area contributed by atoms with Gasteiger partial charge in [-0.1, -0.05) is 5.92 Å². The quantitative estimate of drug-likeness (QED) is 0.411. The molecule has 1 aliphatic rings. The molecule has 0 saturated heterocycles. The molecule has 0 unspecified atom stereocenters. The van der Waals surface area contributed by atoms with E-state index in [0.717, 1.165) is 5.92 Å². The Morgan fingerprint density at radius 2 is 1.89 bits per heavy atom. The van der Waals surface area contributed by atoms with Crippen LogP contribution < -0.4 is 0 Å². The first-order valence-electron chi connectivity index (χ1n) is 2.62. The molecule has 0 heteroatoms. The van der Waals surface area contributed by atoms with Crippen molar-refractivity contribution in [3.05, 3.63) is 31.6 Å². The summed E-state index contributed by atoms with van der Waals surface area (Å²) in [5.74, 6) is 8.54. The van der Waals surface area contributed by atoms with Gasteiger partial charge in [-0.3, -0.25) is 0 Å². The van der Waals surface area contributed by atoms with Gasteiger partial charge in [-0.25, -0.2) is 0 Å². The Labute approximate surface area is 56.7 Å². The Balaban J connectivity index is 2.36. The van der Waals surface area contributed by atoms with Crippen LogP contribution in [0.2, 0.25) is 0 Å². The standard InChI is InChI=1S/C9H5/c1-2-3-6-9-7-4-5-8-9/h1,4-5,7-8H. The first-order chi connectivity index (χ1) is 4.43. The maximum atomic E-state index is 4.92. The molecule has 41 valence electrons. The first-order valence-corrected chi connectivity index (χ1v) is 2.62. The van der Waals surface area contributed by atoms with Crippen LogP contribution in [-0.4, -0.2) is 0 Å². The second kappa shape index (κ2) is 3.21. The van der Waals surface area contributed by atoms with Crippen molar-refractivity contribution in [1.29, 1.82) is 0 Å². The molecular formula is C9H5. The maximum Gasteiger partial charge on any atom is 0.0564 e. The van der Waals surface area contributed by atoms with Gasteiger partial charge in [-0.05, 0) is 37.5 Å². The lowest BCUT2D eigenvalue weighted by molar-refractivity contribution is 1.43. The number of hydrogen-bond donors (Lipinski definition) is 0. The summed E-state index contributed by atoms with van der Waals surface area (Å²) in [4.78, 5) is 0. The van der Waals surface area contributed by atoms with E-state index < -0.39 is 0 Å². The lowest BCUT2D eigenvalue weighted by atomic mass is 10.1. The number of terminal acetylenes is 1. The zero-order chi connectivity index (χ0) is 6.53. The predicted octanol–water partition coefficient (Wildman–Crippen LogP) is 1.03. The predicted molar refractivity (Wildman–Crippen MR) is 37.1 cm³/mol. The van der Waals surface area contributed by atoms with Gasteiger partial charge in [0, 0.05) is 0 Å². The summed E-state index contributed by atoms with van der Waals surface area (Å²) in [6, 6.07) is 0. The third kappa shape index (κ3) is 1.82. The molecule has 0 bridgehead atoms.